The van der Waals surface area contributed by atoms with Crippen molar-refractivity contribution in [2.24, 2.45) is 16.6 Å². The summed E-state index contributed by atoms with van der Waals surface area (Å²) in [5.74, 6) is 2.56. The van der Waals surface area contributed by atoms with Gasteiger partial charge in [0.2, 0.25) is 0 Å². The van der Waals surface area contributed by atoms with Crippen LogP contribution in [0.25, 0.3) is 0 Å². The topological polar surface area (TPSA) is 41.6 Å². The van der Waals surface area contributed by atoms with E-state index < -0.39 is 0 Å². The Kier molecular flexibility index (Phi) is 4.31. The molecule has 4 heteroatoms. The van der Waals surface area contributed by atoms with Gasteiger partial charge >= 0.3 is 0 Å². The number of likely N-dealkylation sites (tertiary alicyclic amines) is 1. The zero-order valence-corrected chi connectivity index (χ0v) is 11.0. The minimum atomic E-state index is 0.678. The summed E-state index contributed by atoms with van der Waals surface area (Å²) in [5.41, 5.74) is 5.82. The molecule has 2 rings (SSSR count). The Labute approximate surface area is 107 Å². The summed E-state index contributed by atoms with van der Waals surface area (Å²) < 4.78 is 0. The molecule has 1 saturated heterocycles. The number of guanidine groups is 1. The van der Waals surface area contributed by atoms with Gasteiger partial charge in [-0.1, -0.05) is 18.2 Å². The fourth-order valence-electron chi connectivity index (χ4n) is 2.05. The third-order valence-electron chi connectivity index (χ3n) is 3.07. The summed E-state index contributed by atoms with van der Waals surface area (Å²) >= 11 is 1.93. The fraction of sp³-hybridized carbons (Fsp3) is 0.462. The summed E-state index contributed by atoms with van der Waals surface area (Å²) in [6, 6.07) is 10.6. The van der Waals surface area contributed by atoms with E-state index in [1.807, 2.05) is 11.8 Å². The highest BCUT2D eigenvalue weighted by Crippen LogP contribution is 2.25. The first-order chi connectivity index (χ1) is 8.29. The van der Waals surface area contributed by atoms with E-state index in [1.165, 1.54) is 11.3 Å². The highest BCUT2D eigenvalue weighted by molar-refractivity contribution is 7.99. The summed E-state index contributed by atoms with van der Waals surface area (Å²) in [7, 11) is 1.75. The van der Waals surface area contributed by atoms with Gasteiger partial charge in [0.25, 0.3) is 0 Å². The van der Waals surface area contributed by atoms with E-state index in [2.05, 4.69) is 40.2 Å². The number of hydrogen-bond acceptors (Lipinski definition) is 2. The Hall–Kier alpha value is -1.16. The molecule has 0 aromatic heterocycles. The number of nitrogens with two attached hydrogens (primary N) is 1. The van der Waals surface area contributed by atoms with Gasteiger partial charge < -0.3 is 10.6 Å². The number of nitrogens with zero attached hydrogens (tertiary/aromatic N) is 2. The van der Waals surface area contributed by atoms with Crippen molar-refractivity contribution < 1.29 is 0 Å². The molecule has 0 saturated carbocycles. The zero-order chi connectivity index (χ0) is 12.1. The molecule has 1 aromatic carbocycles. The number of thioether (sulfide) groups is 1. The van der Waals surface area contributed by atoms with Gasteiger partial charge in [-0.05, 0) is 24.5 Å². The molecule has 0 spiro atoms. The van der Waals surface area contributed by atoms with Crippen molar-refractivity contribution in [1.82, 2.24) is 4.90 Å². The van der Waals surface area contributed by atoms with E-state index in [1.54, 1.807) is 7.05 Å². The molecule has 0 amide bonds. The fourth-order valence-corrected chi connectivity index (χ4v) is 3.10. The van der Waals surface area contributed by atoms with Crippen molar-refractivity contribution >= 4 is 17.7 Å². The van der Waals surface area contributed by atoms with Crippen molar-refractivity contribution in [3.63, 3.8) is 0 Å². The summed E-state index contributed by atoms with van der Waals surface area (Å²) in [5, 5.41) is 0. The lowest BCUT2D eigenvalue weighted by Crippen LogP contribution is -2.35. The average Bonchev–Trinajstić information content (AvgIpc) is 2.85. The number of aliphatic imine (C=N–C) groups is 1. The molecule has 0 aliphatic carbocycles. The van der Waals surface area contributed by atoms with Crippen LogP contribution >= 0.6 is 11.8 Å². The van der Waals surface area contributed by atoms with Crippen LogP contribution in [0.2, 0.25) is 0 Å². The predicted molar refractivity (Wildman–Crippen MR) is 74.4 cm³/mol. The van der Waals surface area contributed by atoms with Gasteiger partial charge in [-0.15, -0.1) is 11.8 Å². The lowest BCUT2D eigenvalue weighted by atomic mass is 10.2. The van der Waals surface area contributed by atoms with E-state index in [4.69, 9.17) is 5.73 Å². The standard InChI is InChI=1S/C13H19N3S/c1-15-13(14)16-8-7-11(9-16)10-17-12-5-3-2-4-6-12/h2-6,11H,7-10H2,1H3,(H2,14,15). The maximum absolute atomic E-state index is 5.82. The number of benzene rings is 1. The molecule has 0 bridgehead atoms. The van der Waals surface area contributed by atoms with Gasteiger partial charge in [-0.2, -0.15) is 0 Å². The number of rotatable bonds is 3. The van der Waals surface area contributed by atoms with Crippen LogP contribution in [-0.2, 0) is 0 Å². The first-order valence-corrected chi connectivity index (χ1v) is 6.93. The van der Waals surface area contributed by atoms with Gasteiger partial charge in [0, 0.05) is 30.8 Å². The van der Waals surface area contributed by atoms with Crippen LogP contribution in [0, 0.1) is 5.92 Å². The number of hydrogen-bond donors (Lipinski definition) is 1. The molecule has 1 aromatic rings. The Morgan fingerprint density at radius 1 is 1.47 bits per heavy atom. The molecule has 3 nitrogen and oxygen atoms in total. The summed E-state index contributed by atoms with van der Waals surface area (Å²) in [6.07, 6.45) is 1.22. The van der Waals surface area contributed by atoms with Crippen LogP contribution < -0.4 is 5.73 Å². The van der Waals surface area contributed by atoms with Crippen LogP contribution in [0.4, 0.5) is 0 Å². The highest BCUT2D eigenvalue weighted by Gasteiger charge is 2.23. The van der Waals surface area contributed by atoms with Crippen LogP contribution in [0.5, 0.6) is 0 Å². The van der Waals surface area contributed by atoms with E-state index in [0.717, 1.165) is 24.8 Å². The summed E-state index contributed by atoms with van der Waals surface area (Å²) in [4.78, 5) is 7.56. The third-order valence-corrected chi connectivity index (χ3v) is 4.31. The molecule has 1 fully saturated rings. The molecule has 1 unspecified atom stereocenters. The second-order valence-electron chi connectivity index (χ2n) is 4.31. The van der Waals surface area contributed by atoms with Crippen molar-refractivity contribution in [1.29, 1.82) is 0 Å². The van der Waals surface area contributed by atoms with E-state index in [0.29, 0.717) is 5.96 Å². The summed E-state index contributed by atoms with van der Waals surface area (Å²) in [6.45, 7) is 2.09. The van der Waals surface area contributed by atoms with Gasteiger partial charge in [-0.25, -0.2) is 0 Å². The molecule has 1 heterocycles. The Balaban J connectivity index is 1.79. The lowest BCUT2D eigenvalue weighted by Gasteiger charge is -2.16. The maximum atomic E-state index is 5.82. The van der Waals surface area contributed by atoms with Crippen molar-refractivity contribution in [3.8, 4) is 0 Å². The van der Waals surface area contributed by atoms with Crippen molar-refractivity contribution in [3.05, 3.63) is 30.3 Å². The molecule has 1 aliphatic heterocycles. The van der Waals surface area contributed by atoms with E-state index >= 15 is 0 Å². The maximum Gasteiger partial charge on any atom is 0.190 e. The normalized spacial score (nSPS) is 20.9. The minimum Gasteiger partial charge on any atom is -0.370 e. The molecule has 0 radical (unpaired) electrons. The highest BCUT2D eigenvalue weighted by atomic mass is 32.2. The van der Waals surface area contributed by atoms with E-state index in [-0.39, 0.29) is 0 Å². The molecular weight excluding hydrogens is 230 g/mol. The Bertz CT molecular complexity index is 378. The Morgan fingerprint density at radius 2 is 2.24 bits per heavy atom. The molecule has 92 valence electrons. The average molecular weight is 249 g/mol. The molecule has 2 N–H and O–H groups in total. The van der Waals surface area contributed by atoms with Crippen LogP contribution in [-0.4, -0.2) is 36.7 Å². The Morgan fingerprint density at radius 3 is 2.94 bits per heavy atom. The monoisotopic (exact) mass is 249 g/mol. The van der Waals surface area contributed by atoms with Crippen molar-refractivity contribution in [2.75, 3.05) is 25.9 Å². The van der Waals surface area contributed by atoms with Gasteiger partial charge in [0.15, 0.2) is 5.96 Å². The van der Waals surface area contributed by atoms with Crippen LogP contribution in [0.1, 0.15) is 6.42 Å². The smallest absolute Gasteiger partial charge is 0.190 e. The SMILES string of the molecule is CN=C(N)N1CCC(CSc2ccccc2)C1. The minimum absolute atomic E-state index is 0.678. The molecule has 17 heavy (non-hydrogen) atoms. The van der Waals surface area contributed by atoms with Crippen LogP contribution in [0.3, 0.4) is 0 Å². The second kappa shape index (κ2) is 5.96. The van der Waals surface area contributed by atoms with Crippen LogP contribution in [0.15, 0.2) is 40.2 Å². The van der Waals surface area contributed by atoms with Gasteiger partial charge in [0.05, 0.1) is 0 Å². The second-order valence-corrected chi connectivity index (χ2v) is 5.40. The largest absolute Gasteiger partial charge is 0.370 e. The van der Waals surface area contributed by atoms with E-state index in [9.17, 15) is 0 Å². The predicted octanol–water partition coefficient (Wildman–Crippen LogP) is 2.05. The first-order valence-electron chi connectivity index (χ1n) is 5.94. The molecule has 1 atom stereocenters. The zero-order valence-electron chi connectivity index (χ0n) is 10.2. The lowest BCUT2D eigenvalue weighted by molar-refractivity contribution is 0.490. The quantitative estimate of drug-likeness (QED) is 0.506. The first kappa shape index (κ1) is 12.3. The van der Waals surface area contributed by atoms with Gasteiger partial charge in [-0.3, -0.25) is 4.99 Å². The van der Waals surface area contributed by atoms with Crippen molar-refractivity contribution in [2.45, 2.75) is 11.3 Å². The molecular formula is C13H19N3S. The molecule has 1 aliphatic rings. The van der Waals surface area contributed by atoms with Gasteiger partial charge in [0.1, 0.15) is 0 Å². The third kappa shape index (κ3) is 3.40.